The number of pyridine rings is 1. The number of rotatable bonds is 11. The van der Waals surface area contributed by atoms with Gasteiger partial charge in [-0.25, -0.2) is 22.9 Å². The number of thioether (sulfide) groups is 1. The van der Waals surface area contributed by atoms with Gasteiger partial charge >= 0.3 is 5.97 Å². The first kappa shape index (κ1) is 30.5. The molecule has 5 rings (SSSR count). The maximum Gasteiger partial charge on any atom is 0.337 e. The molecule has 0 bridgehead atoms. The maximum absolute atomic E-state index is 13.0. The van der Waals surface area contributed by atoms with Gasteiger partial charge in [-0.2, -0.15) is 0 Å². The van der Waals surface area contributed by atoms with E-state index in [-0.39, 0.29) is 22.7 Å². The van der Waals surface area contributed by atoms with Crippen LogP contribution in [0.5, 0.6) is 0 Å². The SMILES string of the molecule is COC(=O)c1ccc(CSC(CNS(=O)(=O)c2ccccc2)c2cccc(/C=C/c3ccc4ccc(Cl)cc4n3)c2)cc1. The molecule has 1 aromatic heterocycles. The standard InChI is InChI=1S/C34H29ClN2O4S2/c1-41-34(38)27-13-10-25(11-14-27)23-42-33(22-36-43(39,40)31-8-3-2-4-9-31)28-7-5-6-24(20-28)12-18-30-19-16-26-15-17-29(35)21-32(26)37-30/h2-21,33,36H,22-23H2,1H3/b18-12+. The average molecular weight is 629 g/mol. The molecule has 1 unspecified atom stereocenters. The minimum atomic E-state index is -3.69. The van der Waals surface area contributed by atoms with Gasteiger partial charge in [0.2, 0.25) is 10.0 Å². The van der Waals surface area contributed by atoms with Crippen molar-refractivity contribution in [2.45, 2.75) is 15.9 Å². The van der Waals surface area contributed by atoms with Crippen molar-refractivity contribution in [1.82, 2.24) is 9.71 Å². The summed E-state index contributed by atoms with van der Waals surface area (Å²) in [4.78, 5) is 16.7. The first-order valence-corrected chi connectivity index (χ1v) is 16.4. The van der Waals surface area contributed by atoms with Gasteiger partial charge < -0.3 is 4.74 Å². The van der Waals surface area contributed by atoms with Gasteiger partial charge in [0.15, 0.2) is 0 Å². The Morgan fingerprint density at radius 3 is 2.47 bits per heavy atom. The predicted molar refractivity (Wildman–Crippen MR) is 176 cm³/mol. The van der Waals surface area contributed by atoms with E-state index in [1.54, 1.807) is 54.2 Å². The predicted octanol–water partition coefficient (Wildman–Crippen LogP) is 7.80. The van der Waals surface area contributed by atoms with E-state index >= 15 is 0 Å². The fourth-order valence-electron chi connectivity index (χ4n) is 4.44. The molecule has 0 aliphatic carbocycles. The van der Waals surface area contributed by atoms with Crippen LogP contribution in [0.2, 0.25) is 5.02 Å². The molecule has 0 aliphatic heterocycles. The van der Waals surface area contributed by atoms with Crippen molar-refractivity contribution in [2.24, 2.45) is 0 Å². The Morgan fingerprint density at radius 1 is 0.930 bits per heavy atom. The van der Waals surface area contributed by atoms with E-state index < -0.39 is 10.0 Å². The van der Waals surface area contributed by atoms with E-state index in [0.29, 0.717) is 16.3 Å². The fraction of sp³-hybridized carbons (Fsp3) is 0.118. The zero-order valence-electron chi connectivity index (χ0n) is 23.3. The number of carbonyl (C=O) groups excluding carboxylic acids is 1. The molecule has 5 aromatic rings. The topological polar surface area (TPSA) is 85.4 Å². The van der Waals surface area contributed by atoms with E-state index in [1.807, 2.05) is 72.8 Å². The number of benzene rings is 4. The molecule has 1 heterocycles. The second kappa shape index (κ2) is 14.0. The Balaban J connectivity index is 1.36. The number of aromatic nitrogens is 1. The molecule has 9 heteroatoms. The third-order valence-electron chi connectivity index (χ3n) is 6.74. The minimum Gasteiger partial charge on any atom is -0.465 e. The molecule has 1 atom stereocenters. The molecule has 0 aliphatic rings. The molecule has 4 aromatic carbocycles. The third-order valence-corrected chi connectivity index (χ3v) is 9.76. The van der Waals surface area contributed by atoms with E-state index in [9.17, 15) is 13.2 Å². The van der Waals surface area contributed by atoms with Gasteiger partial charge in [-0.1, -0.05) is 84.4 Å². The number of hydrogen-bond acceptors (Lipinski definition) is 6. The summed E-state index contributed by atoms with van der Waals surface area (Å²) in [6.45, 7) is 0.197. The van der Waals surface area contributed by atoms with Crippen LogP contribution in [0.1, 0.15) is 38.0 Å². The van der Waals surface area contributed by atoms with Gasteiger partial charge in [0.25, 0.3) is 0 Å². The van der Waals surface area contributed by atoms with Crippen LogP contribution in [0.25, 0.3) is 23.1 Å². The Hall–Kier alpha value is -3.95. The van der Waals surface area contributed by atoms with Crippen LogP contribution in [0.3, 0.4) is 0 Å². The Labute approximate surface area is 260 Å². The summed E-state index contributed by atoms with van der Waals surface area (Å²) >= 11 is 7.77. The smallest absolute Gasteiger partial charge is 0.337 e. The van der Waals surface area contributed by atoms with Crippen molar-refractivity contribution >= 4 is 62.4 Å². The summed E-state index contributed by atoms with van der Waals surface area (Å²) in [5.74, 6) is 0.225. The van der Waals surface area contributed by atoms with E-state index in [1.165, 1.54) is 7.11 Å². The molecular weight excluding hydrogens is 600 g/mol. The number of esters is 1. The Morgan fingerprint density at radius 2 is 1.70 bits per heavy atom. The molecule has 0 saturated carbocycles. The van der Waals surface area contributed by atoms with E-state index in [4.69, 9.17) is 21.3 Å². The number of hydrogen-bond donors (Lipinski definition) is 1. The Kier molecular flexibility index (Phi) is 9.94. The van der Waals surface area contributed by atoms with Crippen LogP contribution in [-0.2, 0) is 20.5 Å². The molecule has 0 saturated heterocycles. The summed E-state index contributed by atoms with van der Waals surface area (Å²) in [7, 11) is -2.34. The molecule has 43 heavy (non-hydrogen) atoms. The first-order valence-electron chi connectivity index (χ1n) is 13.5. The Bertz CT molecular complexity index is 1860. The highest BCUT2D eigenvalue weighted by molar-refractivity contribution is 7.98. The summed E-state index contributed by atoms with van der Waals surface area (Å²) in [5.41, 5.74) is 5.05. The number of nitrogens with zero attached hydrogens (tertiary/aromatic N) is 1. The van der Waals surface area contributed by atoms with Crippen LogP contribution >= 0.6 is 23.4 Å². The first-order chi connectivity index (χ1) is 20.8. The van der Waals surface area contributed by atoms with Gasteiger partial charge in [-0.3, -0.25) is 0 Å². The lowest BCUT2D eigenvalue weighted by atomic mass is 10.1. The van der Waals surface area contributed by atoms with Crippen LogP contribution in [0, 0.1) is 0 Å². The maximum atomic E-state index is 13.0. The average Bonchev–Trinajstić information content (AvgIpc) is 3.04. The molecule has 1 N–H and O–H groups in total. The number of ether oxygens (including phenoxy) is 1. The normalized spacial score (nSPS) is 12.4. The van der Waals surface area contributed by atoms with Crippen LogP contribution < -0.4 is 4.72 Å². The third kappa shape index (κ3) is 8.12. The van der Waals surface area contributed by atoms with Crippen LogP contribution in [0.4, 0.5) is 0 Å². The van der Waals surface area contributed by atoms with Crippen molar-refractivity contribution in [3.63, 3.8) is 0 Å². The summed E-state index contributed by atoms with van der Waals surface area (Å²) in [6, 6.07) is 33.2. The number of carbonyl (C=O) groups is 1. The van der Waals surface area contributed by atoms with Crippen LogP contribution in [0.15, 0.2) is 114 Å². The molecule has 6 nitrogen and oxygen atoms in total. The van der Waals surface area contributed by atoms with Crippen molar-refractivity contribution in [3.05, 3.63) is 142 Å². The van der Waals surface area contributed by atoms with Crippen molar-refractivity contribution in [1.29, 1.82) is 0 Å². The second-order valence-corrected chi connectivity index (χ2v) is 13.1. The lowest BCUT2D eigenvalue weighted by Gasteiger charge is -2.19. The van der Waals surface area contributed by atoms with Gasteiger partial charge in [0.05, 0.1) is 28.8 Å². The highest BCUT2D eigenvalue weighted by Gasteiger charge is 2.19. The highest BCUT2D eigenvalue weighted by Crippen LogP contribution is 2.32. The largest absolute Gasteiger partial charge is 0.465 e. The minimum absolute atomic E-state index is 0.187. The molecule has 0 amide bonds. The van der Waals surface area contributed by atoms with Gasteiger partial charge in [-0.05, 0) is 65.2 Å². The number of sulfonamides is 1. The number of fused-ring (bicyclic) bond motifs is 1. The van der Waals surface area contributed by atoms with E-state index in [0.717, 1.165) is 33.3 Å². The lowest BCUT2D eigenvalue weighted by Crippen LogP contribution is -2.27. The monoisotopic (exact) mass is 628 g/mol. The number of nitrogens with one attached hydrogen (secondary N) is 1. The quantitative estimate of drug-likeness (QED) is 0.150. The van der Waals surface area contributed by atoms with Crippen molar-refractivity contribution in [2.75, 3.05) is 13.7 Å². The van der Waals surface area contributed by atoms with Gasteiger partial charge in [0.1, 0.15) is 0 Å². The van der Waals surface area contributed by atoms with Crippen molar-refractivity contribution in [3.8, 4) is 0 Å². The summed E-state index contributed by atoms with van der Waals surface area (Å²) in [5, 5.41) is 1.47. The number of halogens is 1. The zero-order chi connectivity index (χ0) is 30.2. The van der Waals surface area contributed by atoms with E-state index in [2.05, 4.69) is 10.8 Å². The highest BCUT2D eigenvalue weighted by atomic mass is 35.5. The van der Waals surface area contributed by atoms with Crippen LogP contribution in [-0.4, -0.2) is 33.0 Å². The molecule has 0 radical (unpaired) electrons. The second-order valence-electron chi connectivity index (χ2n) is 9.73. The number of methoxy groups -OCH3 is 1. The molecule has 218 valence electrons. The zero-order valence-corrected chi connectivity index (χ0v) is 25.7. The fourth-order valence-corrected chi connectivity index (χ4v) is 6.90. The molecule has 0 fully saturated rings. The van der Waals surface area contributed by atoms with Crippen molar-refractivity contribution < 1.29 is 17.9 Å². The lowest BCUT2D eigenvalue weighted by molar-refractivity contribution is 0.0600. The summed E-state index contributed by atoms with van der Waals surface area (Å²) < 4.78 is 33.6. The molecular formula is C34H29ClN2O4S2. The molecule has 0 spiro atoms. The van der Waals surface area contributed by atoms with Gasteiger partial charge in [0, 0.05) is 28.0 Å². The van der Waals surface area contributed by atoms with Gasteiger partial charge in [-0.15, -0.1) is 11.8 Å². The summed E-state index contributed by atoms with van der Waals surface area (Å²) in [6.07, 6.45) is 3.94.